The molecule has 7 nitrogen and oxygen atoms in total. The molecule has 2 N–H and O–H groups in total. The van der Waals surface area contributed by atoms with Gasteiger partial charge >= 0.3 is 5.97 Å². The molecule has 1 amide bonds. The summed E-state index contributed by atoms with van der Waals surface area (Å²) in [5, 5.41) is 11.7. The highest BCUT2D eigenvalue weighted by molar-refractivity contribution is 7.91. The van der Waals surface area contributed by atoms with Crippen molar-refractivity contribution in [2.75, 3.05) is 12.4 Å². The minimum atomic E-state index is -3.35. The lowest BCUT2D eigenvalue weighted by atomic mass is 10.1. The van der Waals surface area contributed by atoms with E-state index in [1.54, 1.807) is 0 Å². The van der Waals surface area contributed by atoms with Crippen molar-refractivity contribution in [1.82, 2.24) is 5.32 Å². The Bertz CT molecular complexity index is 704. The number of carboxylic acid groups (broad SMARTS) is 1. The second-order valence-electron chi connectivity index (χ2n) is 6.54. The quantitative estimate of drug-likeness (QED) is 0.722. The Hall–Kier alpha value is -1.93. The summed E-state index contributed by atoms with van der Waals surface area (Å²) in [5.41, 5.74) is -0.203. The van der Waals surface area contributed by atoms with E-state index in [1.165, 1.54) is 31.2 Å². The summed E-state index contributed by atoms with van der Waals surface area (Å²) >= 11 is 0. The molecular formula is C17H25NO6S. The maximum Gasteiger partial charge on any atom is 0.326 e. The van der Waals surface area contributed by atoms with Gasteiger partial charge in [-0.25, -0.2) is 13.2 Å². The molecule has 0 aliphatic rings. The van der Waals surface area contributed by atoms with Gasteiger partial charge in [0.15, 0.2) is 9.84 Å². The van der Waals surface area contributed by atoms with Gasteiger partial charge in [0.05, 0.1) is 16.2 Å². The zero-order valence-corrected chi connectivity index (χ0v) is 15.7. The van der Waals surface area contributed by atoms with E-state index < -0.39 is 33.4 Å². The first-order chi connectivity index (χ1) is 11.5. The first-order valence-electron chi connectivity index (χ1n) is 7.96. The largest absolute Gasteiger partial charge is 0.480 e. The molecule has 1 rings (SSSR count). The molecule has 0 saturated carbocycles. The highest BCUT2D eigenvalue weighted by Gasteiger charge is 2.22. The second-order valence-corrected chi connectivity index (χ2v) is 8.82. The maximum absolute atomic E-state index is 12.2. The Balaban J connectivity index is 2.76. The monoisotopic (exact) mass is 371 g/mol. The van der Waals surface area contributed by atoms with Crippen molar-refractivity contribution in [3.63, 3.8) is 0 Å². The van der Waals surface area contributed by atoms with Gasteiger partial charge in [0.2, 0.25) is 0 Å². The van der Waals surface area contributed by atoms with Crippen molar-refractivity contribution in [3.8, 4) is 0 Å². The van der Waals surface area contributed by atoms with Crippen LogP contribution in [0.3, 0.4) is 0 Å². The molecular weight excluding hydrogens is 346 g/mol. The van der Waals surface area contributed by atoms with Gasteiger partial charge in [0, 0.05) is 18.6 Å². The van der Waals surface area contributed by atoms with Crippen LogP contribution < -0.4 is 5.32 Å². The van der Waals surface area contributed by atoms with Crippen LogP contribution in [-0.2, 0) is 19.4 Å². The molecule has 0 aliphatic heterocycles. The number of carbonyl (C=O) groups is 2. The molecule has 0 saturated heterocycles. The van der Waals surface area contributed by atoms with Crippen LogP contribution >= 0.6 is 0 Å². The van der Waals surface area contributed by atoms with Crippen LogP contribution in [0.2, 0.25) is 0 Å². The SMILES string of the molecule is CCS(=O)(=O)c1ccc(C(=O)NC(CCOC(C)(C)C)C(=O)O)cc1. The van der Waals surface area contributed by atoms with Gasteiger partial charge in [-0.1, -0.05) is 6.92 Å². The summed E-state index contributed by atoms with van der Waals surface area (Å²) in [5.74, 6) is -1.77. The zero-order chi connectivity index (χ0) is 19.3. The number of carboxylic acids is 1. The number of amides is 1. The molecule has 0 spiro atoms. The topological polar surface area (TPSA) is 110 Å². The Morgan fingerprint density at radius 1 is 1.20 bits per heavy atom. The lowest BCUT2D eigenvalue weighted by Gasteiger charge is -2.21. The number of benzene rings is 1. The first kappa shape index (κ1) is 21.1. The molecule has 0 aromatic heterocycles. The number of sulfone groups is 1. The van der Waals surface area contributed by atoms with Crippen molar-refractivity contribution in [1.29, 1.82) is 0 Å². The van der Waals surface area contributed by atoms with E-state index in [2.05, 4.69) is 5.32 Å². The van der Waals surface area contributed by atoms with E-state index in [4.69, 9.17) is 4.74 Å². The average molecular weight is 371 g/mol. The van der Waals surface area contributed by atoms with Gasteiger partial charge in [-0.2, -0.15) is 0 Å². The minimum absolute atomic E-state index is 0.0343. The number of hydrogen-bond donors (Lipinski definition) is 2. The summed E-state index contributed by atoms with van der Waals surface area (Å²) < 4.78 is 29.0. The summed E-state index contributed by atoms with van der Waals surface area (Å²) in [6, 6.07) is 4.32. The molecule has 140 valence electrons. The Morgan fingerprint density at radius 3 is 2.20 bits per heavy atom. The van der Waals surface area contributed by atoms with Crippen molar-refractivity contribution < 1.29 is 27.9 Å². The standard InChI is InChI=1S/C17H25NO6S/c1-5-25(22,23)13-8-6-12(7-9-13)15(19)18-14(16(20)21)10-11-24-17(2,3)4/h6-9,14H,5,10-11H2,1-4H3,(H,18,19)(H,20,21). The predicted octanol–water partition coefficient (Wildman–Crippen LogP) is 1.87. The maximum atomic E-state index is 12.2. The van der Waals surface area contributed by atoms with Gasteiger partial charge in [0.25, 0.3) is 5.91 Å². The van der Waals surface area contributed by atoms with E-state index in [-0.39, 0.29) is 29.2 Å². The normalized spacial score (nSPS) is 13.3. The van der Waals surface area contributed by atoms with E-state index in [1.807, 2.05) is 20.8 Å². The zero-order valence-electron chi connectivity index (χ0n) is 14.9. The van der Waals surface area contributed by atoms with Crippen LogP contribution in [0.5, 0.6) is 0 Å². The van der Waals surface area contributed by atoms with Gasteiger partial charge < -0.3 is 15.2 Å². The molecule has 0 radical (unpaired) electrons. The summed E-state index contributed by atoms with van der Waals surface area (Å²) in [6.07, 6.45) is 0.126. The van der Waals surface area contributed by atoms with Gasteiger partial charge in [0.1, 0.15) is 6.04 Å². The summed E-state index contributed by atoms with van der Waals surface area (Å²) in [6.45, 7) is 7.29. The minimum Gasteiger partial charge on any atom is -0.480 e. The third-order valence-electron chi connectivity index (χ3n) is 3.40. The molecule has 25 heavy (non-hydrogen) atoms. The third kappa shape index (κ3) is 6.83. The van der Waals surface area contributed by atoms with Crippen molar-refractivity contribution in [2.24, 2.45) is 0 Å². The van der Waals surface area contributed by atoms with Crippen LogP contribution in [0.15, 0.2) is 29.2 Å². The highest BCUT2D eigenvalue weighted by atomic mass is 32.2. The number of hydrogen-bond acceptors (Lipinski definition) is 5. The summed E-state index contributed by atoms with van der Waals surface area (Å²) in [4.78, 5) is 23.6. The molecule has 0 fully saturated rings. The molecule has 1 aromatic carbocycles. The molecule has 0 aliphatic carbocycles. The van der Waals surface area contributed by atoms with Gasteiger partial charge in [-0.05, 0) is 45.0 Å². The lowest BCUT2D eigenvalue weighted by molar-refractivity contribution is -0.140. The molecule has 8 heteroatoms. The van der Waals surface area contributed by atoms with E-state index in [0.29, 0.717) is 0 Å². The molecule has 0 bridgehead atoms. The predicted molar refractivity (Wildman–Crippen MR) is 93.4 cm³/mol. The van der Waals surface area contributed by atoms with Gasteiger partial charge in [-0.15, -0.1) is 0 Å². The second kappa shape index (κ2) is 8.44. The van der Waals surface area contributed by atoms with Crippen LogP contribution in [-0.4, -0.2) is 49.4 Å². The number of aliphatic carboxylic acids is 1. The lowest BCUT2D eigenvalue weighted by Crippen LogP contribution is -2.42. The van der Waals surface area contributed by atoms with Crippen LogP contribution in [0, 0.1) is 0 Å². The Labute approximate surface area is 148 Å². The summed E-state index contributed by atoms with van der Waals surface area (Å²) in [7, 11) is -3.35. The average Bonchev–Trinajstić information content (AvgIpc) is 2.52. The van der Waals surface area contributed by atoms with Crippen molar-refractivity contribution in [3.05, 3.63) is 29.8 Å². The van der Waals surface area contributed by atoms with E-state index >= 15 is 0 Å². The number of nitrogens with one attached hydrogen (secondary N) is 1. The fourth-order valence-corrected chi connectivity index (χ4v) is 2.85. The van der Waals surface area contributed by atoms with Crippen molar-refractivity contribution in [2.45, 2.75) is 50.7 Å². The van der Waals surface area contributed by atoms with Gasteiger partial charge in [-0.3, -0.25) is 4.79 Å². The van der Waals surface area contributed by atoms with E-state index in [9.17, 15) is 23.1 Å². The number of ether oxygens (including phenoxy) is 1. The first-order valence-corrected chi connectivity index (χ1v) is 9.62. The molecule has 1 atom stereocenters. The number of rotatable bonds is 8. The fourth-order valence-electron chi connectivity index (χ4n) is 1.96. The Morgan fingerprint density at radius 2 is 1.76 bits per heavy atom. The smallest absolute Gasteiger partial charge is 0.326 e. The molecule has 0 heterocycles. The highest BCUT2D eigenvalue weighted by Crippen LogP contribution is 2.13. The number of carbonyl (C=O) groups excluding carboxylic acids is 1. The third-order valence-corrected chi connectivity index (χ3v) is 5.15. The van der Waals surface area contributed by atoms with Crippen LogP contribution in [0.1, 0.15) is 44.5 Å². The fraction of sp³-hybridized carbons (Fsp3) is 0.529. The Kier molecular flexibility index (Phi) is 7.13. The van der Waals surface area contributed by atoms with Crippen molar-refractivity contribution >= 4 is 21.7 Å². The molecule has 1 aromatic rings. The molecule has 1 unspecified atom stereocenters. The van der Waals surface area contributed by atoms with Crippen LogP contribution in [0.4, 0.5) is 0 Å². The van der Waals surface area contributed by atoms with Crippen LogP contribution in [0.25, 0.3) is 0 Å². The van der Waals surface area contributed by atoms with E-state index in [0.717, 1.165) is 0 Å².